The molecule has 0 unspecified atom stereocenters. The van der Waals surface area contributed by atoms with Gasteiger partial charge in [-0.15, -0.1) is 0 Å². The Labute approximate surface area is 165 Å². The average Bonchev–Trinajstić information content (AvgIpc) is 3.24. The van der Waals surface area contributed by atoms with Crippen molar-refractivity contribution in [2.24, 2.45) is 0 Å². The molecule has 154 valence electrons. The van der Waals surface area contributed by atoms with Crippen LogP contribution in [-0.4, -0.2) is 41.5 Å². The number of alkyl halides is 3. The third-order valence-electron chi connectivity index (χ3n) is 5.33. The van der Waals surface area contributed by atoms with Crippen molar-refractivity contribution in [3.8, 4) is 0 Å². The lowest BCUT2D eigenvalue weighted by atomic mass is 9.91. The van der Waals surface area contributed by atoms with E-state index in [1.165, 1.54) is 14.2 Å². The van der Waals surface area contributed by atoms with Gasteiger partial charge in [0.1, 0.15) is 18.0 Å². The van der Waals surface area contributed by atoms with Crippen molar-refractivity contribution in [1.29, 1.82) is 0 Å². The Bertz CT molecular complexity index is 950. The van der Waals surface area contributed by atoms with Gasteiger partial charge in [-0.1, -0.05) is 6.07 Å². The summed E-state index contributed by atoms with van der Waals surface area (Å²) < 4.78 is 44.0. The van der Waals surface area contributed by atoms with Crippen LogP contribution in [-0.2, 0) is 15.7 Å². The molecule has 2 aliphatic rings. The van der Waals surface area contributed by atoms with Gasteiger partial charge in [0.05, 0.1) is 12.1 Å². The average molecular weight is 407 g/mol. The van der Waals surface area contributed by atoms with Gasteiger partial charge in [0.15, 0.2) is 0 Å². The summed E-state index contributed by atoms with van der Waals surface area (Å²) >= 11 is 0. The maximum Gasteiger partial charge on any atom is 0.421 e. The van der Waals surface area contributed by atoms with Crippen molar-refractivity contribution in [2.45, 2.75) is 31.1 Å². The van der Waals surface area contributed by atoms with Crippen LogP contribution in [0.5, 0.6) is 0 Å². The maximum atomic E-state index is 13.0. The largest absolute Gasteiger partial charge is 0.421 e. The van der Waals surface area contributed by atoms with Gasteiger partial charge in [-0.05, 0) is 36.1 Å². The van der Waals surface area contributed by atoms with Gasteiger partial charge >= 0.3 is 6.18 Å². The number of halogens is 3. The van der Waals surface area contributed by atoms with Crippen LogP contribution in [0.2, 0.25) is 0 Å². The van der Waals surface area contributed by atoms with Gasteiger partial charge in [0.2, 0.25) is 11.9 Å². The molecule has 10 heteroatoms. The van der Waals surface area contributed by atoms with E-state index in [0.717, 1.165) is 30.2 Å². The van der Waals surface area contributed by atoms with Crippen LogP contribution >= 0.6 is 0 Å². The summed E-state index contributed by atoms with van der Waals surface area (Å²) in [5.74, 6) is -0.292. The summed E-state index contributed by atoms with van der Waals surface area (Å²) in [6.07, 6.45) is -2.01. The lowest BCUT2D eigenvalue weighted by molar-refractivity contribution is -0.138. The first-order valence-corrected chi connectivity index (χ1v) is 9.16. The lowest BCUT2D eigenvalue weighted by Gasteiger charge is -2.22. The van der Waals surface area contributed by atoms with E-state index in [4.69, 9.17) is 4.74 Å². The van der Waals surface area contributed by atoms with Crippen LogP contribution in [0.4, 0.5) is 30.6 Å². The van der Waals surface area contributed by atoms with Gasteiger partial charge in [-0.3, -0.25) is 4.79 Å². The number of carbonyl (C=O) groups is 1. The zero-order chi connectivity index (χ0) is 20.8. The minimum absolute atomic E-state index is 0.0132. The lowest BCUT2D eigenvalue weighted by Crippen LogP contribution is -2.30. The second-order valence-electron chi connectivity index (χ2n) is 7.02. The number of aromatic nitrogens is 2. The van der Waals surface area contributed by atoms with Crippen LogP contribution in [0, 0.1) is 0 Å². The summed E-state index contributed by atoms with van der Waals surface area (Å²) in [7, 11) is 2.87. The van der Waals surface area contributed by atoms with Crippen molar-refractivity contribution < 1.29 is 22.7 Å². The Morgan fingerprint density at radius 3 is 2.66 bits per heavy atom. The predicted octanol–water partition coefficient (Wildman–Crippen LogP) is 3.65. The van der Waals surface area contributed by atoms with Crippen molar-refractivity contribution in [2.75, 3.05) is 31.4 Å². The molecular formula is C19H20F3N5O2. The zero-order valence-electron chi connectivity index (χ0n) is 15.9. The summed E-state index contributed by atoms with van der Waals surface area (Å²) in [4.78, 5) is 22.0. The molecule has 7 nitrogen and oxygen atoms in total. The molecule has 0 aliphatic carbocycles. The molecule has 1 amide bonds. The standard InChI is InChI=1S/C19H20F3N5O2/c1-23-17-13(19(20,21)22)8-24-18(26-17)25-10-3-4-11-12(7-10)15-6-5-14(11)27(15)16(28)9-29-2/h3-4,7-8,14-15H,5-6,9H2,1-2H3,(H2,23,24,25,26)/t14-,15+/m0/s1. The third-order valence-corrected chi connectivity index (χ3v) is 5.33. The van der Waals surface area contributed by atoms with Gasteiger partial charge in [-0.25, -0.2) is 4.98 Å². The van der Waals surface area contributed by atoms with Crippen molar-refractivity contribution in [3.05, 3.63) is 41.1 Å². The number of anilines is 3. The molecule has 2 N–H and O–H groups in total. The number of carbonyl (C=O) groups excluding carboxylic acids is 1. The molecule has 1 aromatic carbocycles. The second kappa shape index (κ2) is 7.18. The number of hydrogen-bond donors (Lipinski definition) is 2. The first-order valence-electron chi connectivity index (χ1n) is 9.16. The van der Waals surface area contributed by atoms with Gasteiger partial charge < -0.3 is 20.3 Å². The zero-order valence-corrected chi connectivity index (χ0v) is 15.9. The number of methoxy groups -OCH3 is 1. The van der Waals surface area contributed by atoms with E-state index in [1.54, 1.807) is 0 Å². The monoisotopic (exact) mass is 407 g/mol. The van der Waals surface area contributed by atoms with Crippen LogP contribution in [0.15, 0.2) is 24.4 Å². The molecular weight excluding hydrogens is 387 g/mol. The SMILES string of the molecule is CNc1nc(Nc2ccc3c(c2)[C@H]2CC[C@@H]3N2C(=O)COC)ncc1C(F)(F)F. The Kier molecular flexibility index (Phi) is 4.81. The van der Waals surface area contributed by atoms with E-state index in [1.807, 2.05) is 23.1 Å². The second-order valence-corrected chi connectivity index (χ2v) is 7.02. The summed E-state index contributed by atoms with van der Waals surface area (Å²) in [5, 5.41) is 5.41. The Morgan fingerprint density at radius 2 is 2.00 bits per heavy atom. The van der Waals surface area contributed by atoms with E-state index in [0.29, 0.717) is 5.69 Å². The van der Waals surface area contributed by atoms with Gasteiger partial charge in [0, 0.05) is 26.0 Å². The molecule has 0 spiro atoms. The fraction of sp³-hybridized carbons (Fsp3) is 0.421. The molecule has 2 aromatic rings. The predicted molar refractivity (Wildman–Crippen MR) is 99.7 cm³/mol. The van der Waals surface area contributed by atoms with Crippen molar-refractivity contribution >= 4 is 23.4 Å². The normalized spacial score (nSPS) is 20.0. The van der Waals surface area contributed by atoms with E-state index >= 15 is 0 Å². The number of ether oxygens (including phenoxy) is 1. The van der Waals surface area contributed by atoms with Crippen molar-refractivity contribution in [1.82, 2.24) is 14.9 Å². The number of rotatable bonds is 5. The Hall–Kier alpha value is -2.88. The first kappa shape index (κ1) is 19.4. The molecule has 29 heavy (non-hydrogen) atoms. The molecule has 2 atom stereocenters. The number of fused-ring (bicyclic) bond motifs is 5. The number of benzene rings is 1. The molecule has 1 aromatic heterocycles. The molecule has 0 saturated carbocycles. The Balaban J connectivity index is 1.59. The fourth-order valence-electron chi connectivity index (χ4n) is 4.18. The molecule has 2 aliphatic heterocycles. The molecule has 1 fully saturated rings. The van der Waals surface area contributed by atoms with Crippen LogP contribution in [0.25, 0.3) is 0 Å². The molecule has 1 saturated heterocycles. The third kappa shape index (κ3) is 3.37. The van der Waals surface area contributed by atoms with Crippen LogP contribution in [0.3, 0.4) is 0 Å². The maximum absolute atomic E-state index is 13.0. The van der Waals surface area contributed by atoms with E-state index in [-0.39, 0.29) is 36.4 Å². The first-order chi connectivity index (χ1) is 13.8. The highest BCUT2D eigenvalue weighted by Gasteiger charge is 2.46. The highest BCUT2D eigenvalue weighted by atomic mass is 19.4. The highest BCUT2D eigenvalue weighted by molar-refractivity contribution is 5.80. The summed E-state index contributed by atoms with van der Waals surface area (Å²) in [6, 6.07) is 5.70. The van der Waals surface area contributed by atoms with Crippen molar-refractivity contribution in [3.63, 3.8) is 0 Å². The molecule has 4 rings (SSSR count). The molecule has 0 radical (unpaired) electrons. The highest BCUT2D eigenvalue weighted by Crippen LogP contribution is 2.53. The number of hydrogen-bond acceptors (Lipinski definition) is 6. The Morgan fingerprint density at radius 1 is 1.28 bits per heavy atom. The van der Waals surface area contributed by atoms with Crippen LogP contribution in [0.1, 0.15) is 41.6 Å². The van der Waals surface area contributed by atoms with Gasteiger partial charge in [0.25, 0.3) is 0 Å². The smallest absolute Gasteiger partial charge is 0.375 e. The molecule has 2 bridgehead atoms. The minimum atomic E-state index is -4.54. The molecule has 3 heterocycles. The van der Waals surface area contributed by atoms with Crippen LogP contribution < -0.4 is 10.6 Å². The summed E-state index contributed by atoms with van der Waals surface area (Å²) in [6.45, 7) is 0.0400. The number of amides is 1. The fourth-order valence-corrected chi connectivity index (χ4v) is 4.18. The minimum Gasteiger partial charge on any atom is -0.375 e. The summed E-state index contributed by atoms with van der Waals surface area (Å²) in [5.41, 5.74) is 1.86. The van der Waals surface area contributed by atoms with E-state index < -0.39 is 11.7 Å². The number of nitrogens with zero attached hydrogens (tertiary/aromatic N) is 3. The van der Waals surface area contributed by atoms with E-state index in [9.17, 15) is 18.0 Å². The van der Waals surface area contributed by atoms with E-state index in [2.05, 4.69) is 20.6 Å². The number of nitrogens with one attached hydrogen (secondary N) is 2. The topological polar surface area (TPSA) is 79.4 Å². The van der Waals surface area contributed by atoms with Gasteiger partial charge in [-0.2, -0.15) is 18.2 Å². The quantitative estimate of drug-likeness (QED) is 0.788.